The van der Waals surface area contributed by atoms with Crippen molar-refractivity contribution in [2.45, 2.75) is 0 Å². The Kier molecular flexibility index (Phi) is 8.04. The second kappa shape index (κ2) is 10.3. The van der Waals surface area contributed by atoms with Gasteiger partial charge in [-0.05, 0) is 46.9 Å². The first-order valence-electron chi connectivity index (χ1n) is 8.02. The lowest BCUT2D eigenvalue weighted by Gasteiger charge is -2.11. The zero-order valence-corrected chi connectivity index (χ0v) is 17.3. The average molecular weight is 503 g/mol. The van der Waals surface area contributed by atoms with Crippen LogP contribution in [-0.4, -0.2) is 51.2 Å². The monoisotopic (exact) mass is 503 g/mol. The van der Waals surface area contributed by atoms with Gasteiger partial charge in [0.05, 0.1) is 36.3 Å². The van der Waals surface area contributed by atoms with Crippen LogP contribution in [0.1, 0.15) is 10.5 Å². The number of fused-ring (bicyclic) bond motifs is 1. The van der Waals surface area contributed by atoms with Crippen LogP contribution in [0.25, 0.3) is 11.0 Å². The molecule has 0 bridgehead atoms. The molecule has 0 aliphatic rings. The zero-order chi connectivity index (χ0) is 20.7. The summed E-state index contributed by atoms with van der Waals surface area (Å²) in [6, 6.07) is 6.40. The molecule has 0 spiro atoms. The van der Waals surface area contributed by atoms with Crippen molar-refractivity contribution < 1.29 is 24.2 Å². The number of aliphatic hydroxyl groups excluding tert-OH is 2. The van der Waals surface area contributed by atoms with Gasteiger partial charge in [0, 0.05) is 17.7 Å². The van der Waals surface area contributed by atoms with Crippen LogP contribution in [0, 0.1) is 9.39 Å². The first-order valence-corrected chi connectivity index (χ1v) is 9.10. The predicted molar refractivity (Wildman–Crippen MR) is 110 cm³/mol. The van der Waals surface area contributed by atoms with Crippen LogP contribution in [0.15, 0.2) is 30.5 Å². The quantitative estimate of drug-likeness (QED) is 0.230. The molecule has 2 aromatic heterocycles. The highest BCUT2D eigenvalue weighted by molar-refractivity contribution is 14.1. The topological polar surface area (TPSA) is 122 Å². The highest BCUT2D eigenvalue weighted by Crippen LogP contribution is 2.32. The molecule has 4 N–H and O–H groups in total. The summed E-state index contributed by atoms with van der Waals surface area (Å²) >= 11 is 2.01. The Labute approximate surface area is 173 Å². The van der Waals surface area contributed by atoms with Gasteiger partial charge >= 0.3 is 0 Å². The standard InChI is InChI=1S/C16H15FIN5O3.CH4O/c1-23-12-4-5-19-21-13(12)14(15(23)16(25)22-26-7-6-24)20-11-3-2-9(18)8-10(11)17;1-2/h2-5,8,20,24H,6-7H2,1H3,(H,22,25);2H,1H3. The third kappa shape index (κ3) is 4.73. The molecule has 9 nitrogen and oxygen atoms in total. The van der Waals surface area contributed by atoms with Gasteiger partial charge in [-0.15, -0.1) is 5.10 Å². The summed E-state index contributed by atoms with van der Waals surface area (Å²) in [7, 11) is 2.68. The molecule has 150 valence electrons. The predicted octanol–water partition coefficient (Wildman–Crippen LogP) is 1.72. The van der Waals surface area contributed by atoms with E-state index >= 15 is 0 Å². The van der Waals surface area contributed by atoms with Crippen LogP contribution >= 0.6 is 22.6 Å². The molecule has 11 heteroatoms. The van der Waals surface area contributed by atoms with E-state index in [2.05, 4.69) is 21.0 Å². The van der Waals surface area contributed by atoms with Gasteiger partial charge in [-0.1, -0.05) is 0 Å². The summed E-state index contributed by atoms with van der Waals surface area (Å²) in [5.41, 5.74) is 4.01. The van der Waals surface area contributed by atoms with Crippen molar-refractivity contribution in [3.8, 4) is 0 Å². The maximum Gasteiger partial charge on any atom is 0.293 e. The lowest BCUT2D eigenvalue weighted by Crippen LogP contribution is -2.27. The summed E-state index contributed by atoms with van der Waals surface area (Å²) in [6.45, 7) is -0.288. The number of hydrogen-bond donors (Lipinski definition) is 4. The SMILES string of the molecule is CO.Cn1c(C(=O)NOCCO)c(Nc2ccc(I)cc2F)c2nnccc21. The van der Waals surface area contributed by atoms with Gasteiger partial charge in [-0.25, -0.2) is 9.87 Å². The van der Waals surface area contributed by atoms with Crippen LogP contribution in [0.4, 0.5) is 15.8 Å². The molecule has 0 saturated carbocycles. The van der Waals surface area contributed by atoms with Crippen LogP contribution in [-0.2, 0) is 11.9 Å². The van der Waals surface area contributed by atoms with Crippen LogP contribution in [0.3, 0.4) is 0 Å². The Bertz CT molecular complexity index is 966. The van der Waals surface area contributed by atoms with Crippen molar-refractivity contribution in [3.63, 3.8) is 0 Å². The summed E-state index contributed by atoms with van der Waals surface area (Å²) < 4.78 is 16.6. The Morgan fingerprint density at radius 1 is 1.36 bits per heavy atom. The Morgan fingerprint density at radius 3 is 2.79 bits per heavy atom. The minimum absolute atomic E-state index is 0.0516. The van der Waals surface area contributed by atoms with E-state index in [1.165, 1.54) is 12.3 Å². The normalized spacial score (nSPS) is 10.4. The number of aliphatic hydroxyl groups is 2. The summed E-state index contributed by atoms with van der Waals surface area (Å²) in [5.74, 6) is -1.02. The lowest BCUT2D eigenvalue weighted by atomic mass is 10.2. The van der Waals surface area contributed by atoms with Crippen LogP contribution in [0.5, 0.6) is 0 Å². The molecule has 3 rings (SSSR count). The number of hydrogen-bond acceptors (Lipinski definition) is 7. The van der Waals surface area contributed by atoms with Gasteiger partial charge in [0.2, 0.25) is 0 Å². The molecule has 0 unspecified atom stereocenters. The number of carbonyl (C=O) groups is 1. The number of carbonyl (C=O) groups excluding carboxylic acids is 1. The number of halogens is 2. The smallest absolute Gasteiger partial charge is 0.293 e. The second-order valence-corrected chi connectivity index (χ2v) is 6.55. The number of nitrogens with zero attached hydrogens (tertiary/aromatic N) is 3. The molecule has 1 aromatic carbocycles. The molecule has 2 heterocycles. The van der Waals surface area contributed by atoms with Crippen molar-refractivity contribution in [2.75, 3.05) is 25.6 Å². The fraction of sp³-hybridized carbons (Fsp3) is 0.235. The highest BCUT2D eigenvalue weighted by atomic mass is 127. The van der Waals surface area contributed by atoms with E-state index in [-0.39, 0.29) is 24.6 Å². The van der Waals surface area contributed by atoms with Crippen molar-refractivity contribution in [1.29, 1.82) is 0 Å². The number of benzene rings is 1. The number of hydroxylamine groups is 1. The third-order valence-electron chi connectivity index (χ3n) is 3.63. The van der Waals surface area contributed by atoms with Crippen LogP contribution < -0.4 is 10.8 Å². The maximum atomic E-state index is 14.3. The number of rotatable bonds is 6. The molecule has 3 aromatic rings. The fourth-order valence-electron chi connectivity index (χ4n) is 2.49. The first kappa shape index (κ1) is 21.9. The molecule has 0 fully saturated rings. The van der Waals surface area contributed by atoms with Gasteiger partial charge in [0.1, 0.15) is 17.0 Å². The minimum atomic E-state index is -0.563. The van der Waals surface area contributed by atoms with Gasteiger partial charge in [0.15, 0.2) is 0 Å². The maximum absolute atomic E-state index is 14.3. The van der Waals surface area contributed by atoms with E-state index < -0.39 is 11.7 Å². The number of nitrogens with one attached hydrogen (secondary N) is 2. The van der Waals surface area contributed by atoms with E-state index in [1.807, 2.05) is 22.6 Å². The lowest BCUT2D eigenvalue weighted by molar-refractivity contribution is 0.0163. The Balaban J connectivity index is 0.00000136. The first-order chi connectivity index (χ1) is 13.5. The molecule has 0 atom stereocenters. The van der Waals surface area contributed by atoms with Crippen molar-refractivity contribution in [3.05, 3.63) is 45.5 Å². The van der Waals surface area contributed by atoms with Gasteiger partial charge < -0.3 is 20.1 Å². The van der Waals surface area contributed by atoms with E-state index in [1.54, 1.807) is 29.8 Å². The molecule has 1 amide bonds. The molecule has 0 radical (unpaired) electrons. The van der Waals surface area contributed by atoms with E-state index in [9.17, 15) is 9.18 Å². The second-order valence-electron chi connectivity index (χ2n) is 5.30. The summed E-state index contributed by atoms with van der Waals surface area (Å²) in [4.78, 5) is 17.4. The van der Waals surface area contributed by atoms with Crippen molar-refractivity contribution in [2.24, 2.45) is 7.05 Å². The average Bonchev–Trinajstić information content (AvgIpc) is 2.98. The van der Waals surface area contributed by atoms with Crippen LogP contribution in [0.2, 0.25) is 0 Å². The zero-order valence-electron chi connectivity index (χ0n) is 15.1. The Morgan fingerprint density at radius 2 is 2.11 bits per heavy atom. The molecular formula is C17H19FIN5O4. The van der Waals surface area contributed by atoms with Gasteiger partial charge in [0.25, 0.3) is 5.91 Å². The summed E-state index contributed by atoms with van der Waals surface area (Å²) in [5, 5.41) is 26.6. The molecular weight excluding hydrogens is 484 g/mol. The van der Waals surface area contributed by atoms with Crippen molar-refractivity contribution in [1.82, 2.24) is 20.2 Å². The third-order valence-corrected chi connectivity index (χ3v) is 4.30. The molecule has 0 aliphatic heterocycles. The largest absolute Gasteiger partial charge is 0.400 e. The van der Waals surface area contributed by atoms with E-state index in [0.29, 0.717) is 16.7 Å². The van der Waals surface area contributed by atoms with Crippen molar-refractivity contribution >= 4 is 50.9 Å². The highest BCUT2D eigenvalue weighted by Gasteiger charge is 2.23. The number of amides is 1. The molecule has 28 heavy (non-hydrogen) atoms. The van der Waals surface area contributed by atoms with E-state index in [4.69, 9.17) is 15.1 Å². The molecule has 0 aliphatic carbocycles. The fourth-order valence-corrected chi connectivity index (χ4v) is 2.95. The van der Waals surface area contributed by atoms with E-state index in [0.717, 1.165) is 10.7 Å². The van der Waals surface area contributed by atoms with Gasteiger partial charge in [-0.3, -0.25) is 9.63 Å². The number of anilines is 2. The number of aryl methyl sites for hydroxylation is 1. The summed E-state index contributed by atoms with van der Waals surface area (Å²) in [6.07, 6.45) is 1.50. The number of aromatic nitrogens is 3. The van der Waals surface area contributed by atoms with Gasteiger partial charge in [-0.2, -0.15) is 5.10 Å². The Hall–Kier alpha value is -2.35. The molecule has 0 saturated heterocycles. The minimum Gasteiger partial charge on any atom is -0.400 e.